The minimum Gasteiger partial charge on any atom is -0.459 e. The maximum absolute atomic E-state index is 13.4. The molecular formula is C15H11BrF2N2O. The highest BCUT2D eigenvalue weighted by atomic mass is 79.9. The SMILES string of the molecule is NNC(c1cc2cc(F)ccc2o1)c1cc(F)ccc1Br. The molecule has 1 atom stereocenters. The molecule has 6 heteroatoms. The third-order valence-corrected chi connectivity index (χ3v) is 3.94. The van der Waals surface area contributed by atoms with Crippen LogP contribution in [0.3, 0.4) is 0 Å². The van der Waals surface area contributed by atoms with E-state index in [1.165, 1.54) is 24.3 Å². The van der Waals surface area contributed by atoms with Gasteiger partial charge in [-0.25, -0.2) is 14.2 Å². The van der Waals surface area contributed by atoms with Gasteiger partial charge in [0.05, 0.1) is 0 Å². The molecule has 3 aromatic rings. The van der Waals surface area contributed by atoms with Gasteiger partial charge in [-0.15, -0.1) is 0 Å². The summed E-state index contributed by atoms with van der Waals surface area (Å²) in [6.07, 6.45) is 0. The Morgan fingerprint density at radius 2 is 1.76 bits per heavy atom. The van der Waals surface area contributed by atoms with Gasteiger partial charge in [-0.3, -0.25) is 5.84 Å². The number of furan rings is 1. The Bertz CT molecular complexity index is 803. The molecule has 0 amide bonds. The predicted octanol–water partition coefficient (Wildman–Crippen LogP) is 4.03. The van der Waals surface area contributed by atoms with Crippen LogP contribution in [0.1, 0.15) is 17.4 Å². The largest absolute Gasteiger partial charge is 0.459 e. The van der Waals surface area contributed by atoms with E-state index >= 15 is 0 Å². The van der Waals surface area contributed by atoms with Crippen molar-refractivity contribution in [2.75, 3.05) is 0 Å². The molecule has 21 heavy (non-hydrogen) atoms. The number of fused-ring (bicyclic) bond motifs is 1. The maximum atomic E-state index is 13.4. The average Bonchev–Trinajstić information content (AvgIpc) is 2.86. The van der Waals surface area contributed by atoms with Crippen molar-refractivity contribution < 1.29 is 13.2 Å². The Kier molecular flexibility index (Phi) is 3.75. The van der Waals surface area contributed by atoms with E-state index in [1.807, 2.05) is 0 Å². The third-order valence-electron chi connectivity index (χ3n) is 3.22. The second-order valence-electron chi connectivity index (χ2n) is 4.60. The first-order valence-electron chi connectivity index (χ1n) is 6.18. The molecule has 2 aromatic carbocycles. The number of rotatable bonds is 3. The Morgan fingerprint density at radius 1 is 1.05 bits per heavy atom. The number of hydrogen-bond donors (Lipinski definition) is 2. The van der Waals surface area contributed by atoms with Crippen molar-refractivity contribution in [1.29, 1.82) is 0 Å². The number of hydrogen-bond acceptors (Lipinski definition) is 3. The van der Waals surface area contributed by atoms with Crippen LogP contribution in [0.15, 0.2) is 51.4 Å². The molecule has 0 saturated heterocycles. The fourth-order valence-electron chi connectivity index (χ4n) is 2.24. The zero-order valence-electron chi connectivity index (χ0n) is 10.7. The monoisotopic (exact) mass is 352 g/mol. The van der Waals surface area contributed by atoms with Crippen LogP contribution in [0.5, 0.6) is 0 Å². The average molecular weight is 353 g/mol. The van der Waals surface area contributed by atoms with Gasteiger partial charge in [-0.05, 0) is 48.0 Å². The lowest BCUT2D eigenvalue weighted by molar-refractivity contribution is 0.474. The van der Waals surface area contributed by atoms with Gasteiger partial charge in [0, 0.05) is 9.86 Å². The molecule has 0 saturated carbocycles. The molecule has 1 aromatic heterocycles. The normalized spacial score (nSPS) is 12.8. The second-order valence-corrected chi connectivity index (χ2v) is 5.45. The van der Waals surface area contributed by atoms with Crippen molar-refractivity contribution in [3.05, 3.63) is 69.9 Å². The van der Waals surface area contributed by atoms with E-state index in [4.69, 9.17) is 10.3 Å². The Balaban J connectivity index is 2.11. The first kappa shape index (κ1) is 14.2. The molecule has 1 heterocycles. The molecule has 3 N–H and O–H groups in total. The zero-order chi connectivity index (χ0) is 15.0. The lowest BCUT2D eigenvalue weighted by atomic mass is 10.0. The van der Waals surface area contributed by atoms with Crippen LogP contribution in [-0.4, -0.2) is 0 Å². The highest BCUT2D eigenvalue weighted by Gasteiger charge is 2.20. The quantitative estimate of drug-likeness (QED) is 0.552. The number of hydrazine groups is 1. The van der Waals surface area contributed by atoms with Gasteiger partial charge in [0.15, 0.2) is 0 Å². The third kappa shape index (κ3) is 2.70. The minimum atomic E-state index is -0.550. The van der Waals surface area contributed by atoms with Gasteiger partial charge in [-0.1, -0.05) is 15.9 Å². The van der Waals surface area contributed by atoms with E-state index in [9.17, 15) is 8.78 Å². The Labute approximate surface area is 127 Å². The van der Waals surface area contributed by atoms with Crippen LogP contribution in [0.25, 0.3) is 11.0 Å². The van der Waals surface area contributed by atoms with Crippen molar-refractivity contribution in [1.82, 2.24) is 5.43 Å². The fraction of sp³-hybridized carbons (Fsp3) is 0.0667. The van der Waals surface area contributed by atoms with Gasteiger partial charge < -0.3 is 4.42 Å². The van der Waals surface area contributed by atoms with Gasteiger partial charge in [0.2, 0.25) is 0 Å². The topological polar surface area (TPSA) is 51.2 Å². The van der Waals surface area contributed by atoms with E-state index in [-0.39, 0.29) is 11.6 Å². The van der Waals surface area contributed by atoms with Crippen molar-refractivity contribution in [2.45, 2.75) is 6.04 Å². The van der Waals surface area contributed by atoms with E-state index < -0.39 is 6.04 Å². The van der Waals surface area contributed by atoms with E-state index in [0.29, 0.717) is 26.8 Å². The molecular weight excluding hydrogens is 342 g/mol. The molecule has 1 unspecified atom stereocenters. The number of benzene rings is 2. The van der Waals surface area contributed by atoms with Crippen molar-refractivity contribution in [3.63, 3.8) is 0 Å². The fourth-order valence-corrected chi connectivity index (χ4v) is 2.71. The summed E-state index contributed by atoms with van der Waals surface area (Å²) in [7, 11) is 0. The lowest BCUT2D eigenvalue weighted by Crippen LogP contribution is -2.28. The summed E-state index contributed by atoms with van der Waals surface area (Å²) >= 11 is 3.36. The highest BCUT2D eigenvalue weighted by molar-refractivity contribution is 9.10. The summed E-state index contributed by atoms with van der Waals surface area (Å²) in [4.78, 5) is 0. The van der Waals surface area contributed by atoms with E-state index in [1.54, 1.807) is 18.2 Å². The highest BCUT2D eigenvalue weighted by Crippen LogP contribution is 2.32. The Hall–Kier alpha value is -1.76. The van der Waals surface area contributed by atoms with E-state index in [0.717, 1.165) is 0 Å². The van der Waals surface area contributed by atoms with Gasteiger partial charge >= 0.3 is 0 Å². The van der Waals surface area contributed by atoms with Crippen LogP contribution in [0.2, 0.25) is 0 Å². The lowest BCUT2D eigenvalue weighted by Gasteiger charge is -2.15. The smallest absolute Gasteiger partial charge is 0.134 e. The molecule has 0 aliphatic carbocycles. The zero-order valence-corrected chi connectivity index (χ0v) is 12.3. The molecule has 0 aliphatic heterocycles. The van der Waals surface area contributed by atoms with Crippen LogP contribution in [0, 0.1) is 11.6 Å². The van der Waals surface area contributed by atoms with Crippen molar-refractivity contribution in [2.24, 2.45) is 5.84 Å². The molecule has 0 spiro atoms. The standard InChI is InChI=1S/C15H11BrF2N2O/c16-12-3-1-10(18)7-11(12)15(20-19)14-6-8-5-9(17)2-4-13(8)21-14/h1-7,15,20H,19H2. The number of nitrogens with two attached hydrogens (primary N) is 1. The van der Waals surface area contributed by atoms with E-state index in [2.05, 4.69) is 21.4 Å². The summed E-state index contributed by atoms with van der Waals surface area (Å²) in [5, 5.41) is 0.623. The summed E-state index contributed by atoms with van der Waals surface area (Å²) < 4.78 is 33.0. The van der Waals surface area contributed by atoms with Gasteiger partial charge in [-0.2, -0.15) is 0 Å². The van der Waals surface area contributed by atoms with Crippen LogP contribution in [-0.2, 0) is 0 Å². The molecule has 0 radical (unpaired) electrons. The summed E-state index contributed by atoms with van der Waals surface area (Å²) in [5.74, 6) is 5.33. The Morgan fingerprint density at radius 3 is 2.52 bits per heavy atom. The number of nitrogens with one attached hydrogen (secondary N) is 1. The molecule has 3 nitrogen and oxygen atoms in total. The van der Waals surface area contributed by atoms with Gasteiger partial charge in [0.1, 0.15) is 29.0 Å². The first-order valence-corrected chi connectivity index (χ1v) is 6.98. The summed E-state index contributed by atoms with van der Waals surface area (Å²) in [6.45, 7) is 0. The minimum absolute atomic E-state index is 0.348. The summed E-state index contributed by atoms with van der Waals surface area (Å²) in [6, 6.07) is 9.66. The van der Waals surface area contributed by atoms with Crippen LogP contribution >= 0.6 is 15.9 Å². The van der Waals surface area contributed by atoms with Crippen molar-refractivity contribution >= 4 is 26.9 Å². The maximum Gasteiger partial charge on any atom is 0.134 e. The molecule has 0 bridgehead atoms. The second kappa shape index (κ2) is 5.55. The van der Waals surface area contributed by atoms with Crippen LogP contribution < -0.4 is 11.3 Å². The molecule has 0 fully saturated rings. The van der Waals surface area contributed by atoms with Crippen molar-refractivity contribution in [3.8, 4) is 0 Å². The van der Waals surface area contributed by atoms with Crippen LogP contribution in [0.4, 0.5) is 8.78 Å². The molecule has 0 aliphatic rings. The predicted molar refractivity (Wildman–Crippen MR) is 79.4 cm³/mol. The number of halogens is 3. The first-order chi connectivity index (χ1) is 10.1. The summed E-state index contributed by atoms with van der Waals surface area (Å²) in [5.41, 5.74) is 3.73. The van der Waals surface area contributed by atoms with Gasteiger partial charge in [0.25, 0.3) is 0 Å². The molecule has 108 valence electrons. The molecule has 3 rings (SSSR count).